The maximum absolute atomic E-state index is 14.0. The number of carbonyl (C=O) groups is 2. The highest BCUT2D eigenvalue weighted by Crippen LogP contribution is 2.37. The second-order valence-electron chi connectivity index (χ2n) is 9.28. The van der Waals surface area contributed by atoms with E-state index in [2.05, 4.69) is 4.74 Å². The molecular formula is C27H21Cl3F3NO6S. The van der Waals surface area contributed by atoms with Crippen molar-refractivity contribution in [3.8, 4) is 5.75 Å². The van der Waals surface area contributed by atoms with E-state index in [4.69, 9.17) is 34.8 Å². The predicted octanol–water partition coefficient (Wildman–Crippen LogP) is 6.25. The molecule has 1 N–H and O–H groups in total. The van der Waals surface area contributed by atoms with E-state index in [1.54, 1.807) is 48.5 Å². The normalized spacial score (nSPS) is 17.6. The zero-order valence-corrected chi connectivity index (χ0v) is 23.9. The number of halogens is 6. The standard InChI is InChI=1S/C27H21Cl3F3NO6S/c28-17-5-1-15(2-6-17)24(16-3-7-18(29)8-4-16)25(35)34-13-20(12-22(34)26(36)37)41(38,39)23-10-9-19(11-21(23)30)40-14-27(31,32)33/h1-11,20,22,24H,12-14H2,(H,36,37)/t20-,22+/m1/s1. The second kappa shape index (κ2) is 12.1. The van der Waals surface area contributed by atoms with Gasteiger partial charge in [-0.25, -0.2) is 13.2 Å². The Labute approximate surface area is 248 Å². The van der Waals surface area contributed by atoms with E-state index in [-0.39, 0.29) is 5.75 Å². The maximum Gasteiger partial charge on any atom is 0.422 e. The Bertz CT molecular complexity index is 1500. The molecule has 0 bridgehead atoms. The monoisotopic (exact) mass is 649 g/mol. The van der Waals surface area contributed by atoms with Crippen LogP contribution in [0.25, 0.3) is 0 Å². The number of alkyl halides is 3. The third-order valence-corrected chi connectivity index (χ3v) is 9.65. The van der Waals surface area contributed by atoms with E-state index in [1.807, 2.05) is 0 Å². The van der Waals surface area contributed by atoms with Crippen molar-refractivity contribution in [1.29, 1.82) is 0 Å². The van der Waals surface area contributed by atoms with Crippen LogP contribution in [0.5, 0.6) is 5.75 Å². The molecule has 0 spiro atoms. The summed E-state index contributed by atoms with van der Waals surface area (Å²) in [5.41, 5.74) is 0.990. The molecule has 41 heavy (non-hydrogen) atoms. The number of sulfone groups is 1. The number of benzene rings is 3. The first-order chi connectivity index (χ1) is 19.2. The van der Waals surface area contributed by atoms with Crippen molar-refractivity contribution < 1.29 is 41.0 Å². The van der Waals surface area contributed by atoms with Crippen LogP contribution in [0.1, 0.15) is 23.5 Å². The molecule has 0 saturated carbocycles. The molecule has 14 heteroatoms. The Morgan fingerprint density at radius 1 is 0.951 bits per heavy atom. The first-order valence-electron chi connectivity index (χ1n) is 11.9. The summed E-state index contributed by atoms with van der Waals surface area (Å²) in [5, 5.41) is 9.01. The van der Waals surface area contributed by atoms with Gasteiger partial charge in [0.25, 0.3) is 0 Å². The van der Waals surface area contributed by atoms with Crippen LogP contribution in [0, 0.1) is 0 Å². The third-order valence-electron chi connectivity index (χ3n) is 6.54. The van der Waals surface area contributed by atoms with Crippen molar-refractivity contribution in [3.05, 3.63) is 92.9 Å². The lowest BCUT2D eigenvalue weighted by atomic mass is 9.89. The minimum Gasteiger partial charge on any atom is -0.484 e. The average Bonchev–Trinajstić information content (AvgIpc) is 3.36. The molecule has 0 aromatic heterocycles. The van der Waals surface area contributed by atoms with E-state index in [0.717, 1.165) is 23.1 Å². The molecule has 3 aromatic carbocycles. The number of ether oxygens (including phenoxy) is 1. The number of nitrogens with zero attached hydrogens (tertiary/aromatic N) is 1. The van der Waals surface area contributed by atoms with Crippen molar-refractivity contribution in [3.63, 3.8) is 0 Å². The average molecular weight is 651 g/mol. The molecule has 1 heterocycles. The van der Waals surface area contributed by atoms with E-state index in [0.29, 0.717) is 21.2 Å². The van der Waals surface area contributed by atoms with Gasteiger partial charge in [-0.3, -0.25) is 4.79 Å². The number of rotatable bonds is 8. The number of carboxylic acids is 1. The molecule has 0 radical (unpaired) electrons. The fourth-order valence-electron chi connectivity index (χ4n) is 4.60. The van der Waals surface area contributed by atoms with Gasteiger partial charge < -0.3 is 14.7 Å². The highest BCUT2D eigenvalue weighted by molar-refractivity contribution is 7.92. The lowest BCUT2D eigenvalue weighted by Gasteiger charge is -2.27. The van der Waals surface area contributed by atoms with Crippen LogP contribution in [-0.2, 0) is 19.4 Å². The van der Waals surface area contributed by atoms with Gasteiger partial charge in [-0.15, -0.1) is 0 Å². The lowest BCUT2D eigenvalue weighted by Crippen LogP contribution is -2.43. The molecule has 2 atom stereocenters. The van der Waals surface area contributed by atoms with Crippen molar-refractivity contribution in [2.75, 3.05) is 13.2 Å². The molecule has 1 aliphatic heterocycles. The second-order valence-corrected chi connectivity index (χ2v) is 12.8. The van der Waals surface area contributed by atoms with Crippen LogP contribution in [0.4, 0.5) is 13.2 Å². The molecule has 1 amide bonds. The summed E-state index contributed by atoms with van der Waals surface area (Å²) in [7, 11) is -4.33. The Morgan fingerprint density at radius 3 is 1.95 bits per heavy atom. The number of carbonyl (C=O) groups excluding carboxylic acids is 1. The van der Waals surface area contributed by atoms with Crippen molar-refractivity contribution >= 4 is 56.5 Å². The molecule has 4 rings (SSSR count). The summed E-state index contributed by atoms with van der Waals surface area (Å²) in [4.78, 5) is 26.8. The first kappa shape index (κ1) is 31.0. The predicted molar refractivity (Wildman–Crippen MR) is 146 cm³/mol. The number of aliphatic carboxylic acids is 1. The van der Waals surface area contributed by atoms with E-state index in [9.17, 15) is 36.3 Å². The SMILES string of the molecule is O=C(O)[C@@H]1C[C@@H](S(=O)(=O)c2ccc(OCC(F)(F)F)cc2Cl)CN1C(=O)C(c1ccc(Cl)cc1)c1ccc(Cl)cc1. The Kier molecular flexibility index (Phi) is 9.13. The molecule has 0 unspecified atom stereocenters. The number of carboxylic acid groups (broad SMARTS) is 1. The van der Waals surface area contributed by atoms with Gasteiger partial charge in [0, 0.05) is 22.7 Å². The van der Waals surface area contributed by atoms with Crippen LogP contribution in [0.2, 0.25) is 15.1 Å². The fourth-order valence-corrected chi connectivity index (χ4v) is 7.09. The van der Waals surface area contributed by atoms with Crippen molar-refractivity contribution in [2.45, 2.75) is 34.7 Å². The van der Waals surface area contributed by atoms with E-state index >= 15 is 0 Å². The fraction of sp³-hybridized carbons (Fsp3) is 0.259. The first-order valence-corrected chi connectivity index (χ1v) is 14.6. The van der Waals surface area contributed by atoms with Gasteiger partial charge in [0.15, 0.2) is 16.4 Å². The van der Waals surface area contributed by atoms with Crippen LogP contribution >= 0.6 is 34.8 Å². The van der Waals surface area contributed by atoms with Crippen molar-refractivity contribution in [2.24, 2.45) is 0 Å². The molecule has 7 nitrogen and oxygen atoms in total. The van der Waals surface area contributed by atoms with Gasteiger partial charge in [-0.2, -0.15) is 13.2 Å². The van der Waals surface area contributed by atoms with Gasteiger partial charge in [0.1, 0.15) is 11.8 Å². The topological polar surface area (TPSA) is 101 Å². The van der Waals surface area contributed by atoms with Gasteiger partial charge in [-0.1, -0.05) is 59.1 Å². The highest BCUT2D eigenvalue weighted by Gasteiger charge is 2.47. The summed E-state index contributed by atoms with van der Waals surface area (Å²) in [6.45, 7) is -2.06. The molecule has 1 fully saturated rings. The Morgan fingerprint density at radius 2 is 1.49 bits per heavy atom. The summed E-state index contributed by atoms with van der Waals surface area (Å²) >= 11 is 18.1. The largest absolute Gasteiger partial charge is 0.484 e. The van der Waals surface area contributed by atoms with Gasteiger partial charge in [0.05, 0.1) is 21.1 Å². The smallest absolute Gasteiger partial charge is 0.422 e. The summed E-state index contributed by atoms with van der Waals surface area (Å²) in [5.74, 6) is -3.35. The summed E-state index contributed by atoms with van der Waals surface area (Å²) in [6.07, 6.45) is -5.04. The Hall–Kier alpha value is -2.99. The van der Waals surface area contributed by atoms with Crippen LogP contribution in [0.3, 0.4) is 0 Å². The van der Waals surface area contributed by atoms with Gasteiger partial charge in [-0.05, 0) is 53.9 Å². The molecule has 3 aromatic rings. The minimum atomic E-state index is -4.61. The molecule has 218 valence electrons. The van der Waals surface area contributed by atoms with Crippen LogP contribution in [0.15, 0.2) is 71.6 Å². The van der Waals surface area contributed by atoms with Crippen LogP contribution < -0.4 is 4.74 Å². The van der Waals surface area contributed by atoms with E-state index in [1.165, 1.54) is 0 Å². The quantitative estimate of drug-likeness (QED) is 0.310. The minimum absolute atomic E-state index is 0.299. The van der Waals surface area contributed by atoms with Gasteiger partial charge in [0.2, 0.25) is 5.91 Å². The number of amides is 1. The molecule has 0 aliphatic carbocycles. The van der Waals surface area contributed by atoms with E-state index < -0.39 is 74.6 Å². The van der Waals surface area contributed by atoms with Crippen LogP contribution in [-0.4, -0.2) is 60.9 Å². The molecular weight excluding hydrogens is 630 g/mol. The molecule has 1 aliphatic rings. The maximum atomic E-state index is 14.0. The summed E-state index contributed by atoms with van der Waals surface area (Å²) < 4.78 is 69.1. The third kappa shape index (κ3) is 7.09. The zero-order valence-electron chi connectivity index (χ0n) is 20.8. The molecule has 1 saturated heterocycles. The number of hydrogen-bond acceptors (Lipinski definition) is 5. The zero-order chi connectivity index (χ0) is 30.1. The lowest BCUT2D eigenvalue weighted by molar-refractivity contribution is -0.153. The number of hydrogen-bond donors (Lipinski definition) is 1. The number of likely N-dealkylation sites (tertiary alicyclic amines) is 1. The highest BCUT2D eigenvalue weighted by atomic mass is 35.5. The van der Waals surface area contributed by atoms with Gasteiger partial charge >= 0.3 is 12.1 Å². The van der Waals surface area contributed by atoms with Crippen molar-refractivity contribution in [1.82, 2.24) is 4.90 Å². The summed E-state index contributed by atoms with van der Waals surface area (Å²) in [6, 6.07) is 14.2. The Balaban J connectivity index is 1.66.